The lowest BCUT2D eigenvalue weighted by Crippen LogP contribution is -2.24. The Balaban J connectivity index is 1.66. The van der Waals surface area contributed by atoms with Crippen LogP contribution in [0.4, 0.5) is 0 Å². The monoisotopic (exact) mass is 354 g/mol. The first kappa shape index (κ1) is 17.9. The van der Waals surface area contributed by atoms with Gasteiger partial charge in [0.2, 0.25) is 0 Å². The van der Waals surface area contributed by atoms with Crippen molar-refractivity contribution in [2.75, 3.05) is 26.2 Å². The maximum absolute atomic E-state index is 5.77. The van der Waals surface area contributed by atoms with Gasteiger partial charge in [-0.2, -0.15) is 0 Å². The second-order valence-corrected chi connectivity index (χ2v) is 7.33. The molecule has 0 amide bonds. The van der Waals surface area contributed by atoms with Crippen LogP contribution < -0.4 is 15.4 Å². The topological polar surface area (TPSA) is 33.3 Å². The van der Waals surface area contributed by atoms with Crippen LogP contribution in [-0.4, -0.2) is 26.2 Å². The lowest BCUT2D eigenvalue weighted by molar-refractivity contribution is 0.362. The van der Waals surface area contributed by atoms with Crippen LogP contribution in [0.15, 0.2) is 48.4 Å². The van der Waals surface area contributed by atoms with Gasteiger partial charge < -0.3 is 15.4 Å². The van der Waals surface area contributed by atoms with Crippen molar-refractivity contribution in [1.29, 1.82) is 0 Å². The van der Waals surface area contributed by atoms with Crippen molar-refractivity contribution in [2.45, 2.75) is 13.0 Å². The molecule has 3 rings (SSSR count). The molecular weight excluding hydrogens is 328 g/mol. The average Bonchev–Trinajstić information content (AvgIpc) is 3.32. The molecule has 2 aromatic rings. The maximum atomic E-state index is 5.77. The van der Waals surface area contributed by atoms with Gasteiger partial charge in [-0.1, -0.05) is 30.9 Å². The molecule has 0 bridgehead atoms. The molecule has 2 heterocycles. The molecule has 132 valence electrons. The quantitative estimate of drug-likeness (QED) is 0.663. The van der Waals surface area contributed by atoms with E-state index in [0.717, 1.165) is 43.4 Å². The molecule has 1 fully saturated rings. The van der Waals surface area contributed by atoms with Gasteiger partial charge in [0.05, 0.1) is 0 Å². The summed E-state index contributed by atoms with van der Waals surface area (Å²) in [4.78, 5) is 1.26. The lowest BCUT2D eigenvalue weighted by atomic mass is 10.1. The second-order valence-electron chi connectivity index (χ2n) is 6.35. The highest BCUT2D eigenvalue weighted by atomic mass is 32.1. The third-order valence-corrected chi connectivity index (χ3v) is 5.10. The highest BCUT2D eigenvalue weighted by Gasteiger charge is 2.13. The Morgan fingerprint density at radius 2 is 2.28 bits per heavy atom. The van der Waals surface area contributed by atoms with Gasteiger partial charge in [-0.05, 0) is 72.8 Å². The zero-order chi connectivity index (χ0) is 17.3. The van der Waals surface area contributed by atoms with Crippen molar-refractivity contribution >= 4 is 23.5 Å². The molecule has 0 saturated carbocycles. The lowest BCUT2D eigenvalue weighted by Gasteiger charge is -2.12. The van der Waals surface area contributed by atoms with E-state index in [0.29, 0.717) is 6.61 Å². The number of thiophene rings is 1. The smallest absolute Gasteiger partial charge is 0.120 e. The van der Waals surface area contributed by atoms with Gasteiger partial charge in [0, 0.05) is 11.4 Å². The van der Waals surface area contributed by atoms with E-state index < -0.39 is 0 Å². The number of benzene rings is 1. The van der Waals surface area contributed by atoms with Crippen LogP contribution in [0.5, 0.6) is 5.75 Å². The molecule has 1 aromatic heterocycles. The summed E-state index contributed by atoms with van der Waals surface area (Å²) >= 11 is 1.74. The van der Waals surface area contributed by atoms with Gasteiger partial charge in [0.15, 0.2) is 0 Å². The molecule has 0 aliphatic carbocycles. The van der Waals surface area contributed by atoms with Crippen LogP contribution >= 0.6 is 11.3 Å². The third kappa shape index (κ3) is 5.85. The first-order valence-electron chi connectivity index (χ1n) is 8.84. The Labute approximate surface area is 154 Å². The highest BCUT2D eigenvalue weighted by Crippen LogP contribution is 2.21. The summed E-state index contributed by atoms with van der Waals surface area (Å²) in [7, 11) is 0. The average molecular weight is 355 g/mol. The van der Waals surface area contributed by atoms with E-state index in [-0.39, 0.29) is 0 Å². The maximum Gasteiger partial charge on any atom is 0.120 e. The number of ether oxygens (including phenoxy) is 1. The van der Waals surface area contributed by atoms with E-state index in [9.17, 15) is 0 Å². The fraction of sp³-hybridized carbons (Fsp3) is 0.333. The van der Waals surface area contributed by atoms with E-state index in [1.54, 1.807) is 17.4 Å². The van der Waals surface area contributed by atoms with Gasteiger partial charge in [-0.15, -0.1) is 11.3 Å². The summed E-state index contributed by atoms with van der Waals surface area (Å²) in [5.41, 5.74) is 2.41. The van der Waals surface area contributed by atoms with Crippen molar-refractivity contribution in [3.8, 4) is 5.75 Å². The van der Waals surface area contributed by atoms with Gasteiger partial charge in [0.25, 0.3) is 0 Å². The number of hydrogen-bond donors (Lipinski definition) is 2. The van der Waals surface area contributed by atoms with Crippen LogP contribution in [-0.2, 0) is 6.54 Å². The molecule has 1 aliphatic rings. The zero-order valence-corrected chi connectivity index (χ0v) is 15.4. The van der Waals surface area contributed by atoms with E-state index in [1.807, 2.05) is 0 Å². The Hall–Kier alpha value is -1.88. The first-order chi connectivity index (χ1) is 12.3. The van der Waals surface area contributed by atoms with Gasteiger partial charge in [-0.25, -0.2) is 0 Å². The van der Waals surface area contributed by atoms with Crippen molar-refractivity contribution in [1.82, 2.24) is 10.6 Å². The predicted octanol–water partition coefficient (Wildman–Crippen LogP) is 4.18. The molecule has 1 aliphatic heterocycles. The summed E-state index contributed by atoms with van der Waals surface area (Å²) in [6.07, 6.45) is 7.35. The van der Waals surface area contributed by atoms with Crippen molar-refractivity contribution < 1.29 is 4.74 Å². The van der Waals surface area contributed by atoms with E-state index >= 15 is 0 Å². The van der Waals surface area contributed by atoms with E-state index in [4.69, 9.17) is 4.74 Å². The molecule has 4 heteroatoms. The number of hydrogen-bond acceptors (Lipinski definition) is 4. The Kier molecular flexibility index (Phi) is 6.86. The molecular formula is C21H26N2OS. The summed E-state index contributed by atoms with van der Waals surface area (Å²) in [6, 6.07) is 10.6. The normalized spacial score (nSPS) is 17.2. The summed E-state index contributed by atoms with van der Waals surface area (Å²) in [5, 5.41) is 9.09. The van der Waals surface area contributed by atoms with Gasteiger partial charge >= 0.3 is 0 Å². The number of rotatable bonds is 9. The molecule has 25 heavy (non-hydrogen) atoms. The van der Waals surface area contributed by atoms with Crippen LogP contribution in [0.2, 0.25) is 0 Å². The minimum atomic E-state index is 0.526. The Morgan fingerprint density at radius 1 is 1.32 bits per heavy atom. The molecule has 1 unspecified atom stereocenters. The molecule has 2 N–H and O–H groups in total. The summed E-state index contributed by atoms with van der Waals surface area (Å²) < 4.78 is 5.77. The largest absolute Gasteiger partial charge is 0.490 e. The fourth-order valence-electron chi connectivity index (χ4n) is 3.00. The van der Waals surface area contributed by atoms with Crippen LogP contribution in [0.3, 0.4) is 0 Å². The van der Waals surface area contributed by atoms with Crippen molar-refractivity contribution in [2.24, 2.45) is 5.92 Å². The molecule has 1 saturated heterocycles. The summed E-state index contributed by atoms with van der Waals surface area (Å²) in [5.74, 6) is 1.64. The summed E-state index contributed by atoms with van der Waals surface area (Å²) in [6.45, 7) is 8.46. The zero-order valence-electron chi connectivity index (χ0n) is 14.5. The molecule has 1 aromatic carbocycles. The molecule has 0 radical (unpaired) electrons. The van der Waals surface area contributed by atoms with Gasteiger partial charge in [-0.3, -0.25) is 0 Å². The standard InChI is InChI=1S/C21H26N2OS/c1-2-9-24-20-12-17(5-6-21-4-3-10-25-21)11-19(13-20)16-23-15-18-7-8-22-14-18/h2-6,10-13,18,22-23H,1,7-9,14-16H2/b6-5+. The Morgan fingerprint density at radius 3 is 3.04 bits per heavy atom. The second kappa shape index (κ2) is 9.56. The Bertz CT molecular complexity index is 688. The molecule has 3 nitrogen and oxygen atoms in total. The van der Waals surface area contributed by atoms with E-state index in [1.165, 1.54) is 16.9 Å². The number of nitrogens with one attached hydrogen (secondary N) is 2. The predicted molar refractivity (Wildman–Crippen MR) is 108 cm³/mol. The highest BCUT2D eigenvalue weighted by molar-refractivity contribution is 7.10. The molecule has 1 atom stereocenters. The first-order valence-corrected chi connectivity index (χ1v) is 9.72. The van der Waals surface area contributed by atoms with Gasteiger partial charge in [0.1, 0.15) is 12.4 Å². The van der Waals surface area contributed by atoms with Crippen LogP contribution in [0.25, 0.3) is 12.2 Å². The molecule has 0 spiro atoms. The van der Waals surface area contributed by atoms with E-state index in [2.05, 4.69) is 65.1 Å². The SMILES string of the molecule is C=CCOc1cc(/C=C/c2cccs2)cc(CNCC2CCNC2)c1. The fourth-order valence-corrected chi connectivity index (χ4v) is 3.61. The third-order valence-electron chi connectivity index (χ3n) is 4.26. The minimum absolute atomic E-state index is 0.526. The van der Waals surface area contributed by atoms with Crippen LogP contribution in [0, 0.1) is 5.92 Å². The van der Waals surface area contributed by atoms with Crippen LogP contribution in [0.1, 0.15) is 22.4 Å². The van der Waals surface area contributed by atoms with Crippen molar-refractivity contribution in [3.63, 3.8) is 0 Å². The van der Waals surface area contributed by atoms with Crippen molar-refractivity contribution in [3.05, 3.63) is 64.4 Å². The minimum Gasteiger partial charge on any atom is -0.490 e.